The molecule has 0 unspecified atom stereocenters. The van der Waals surface area contributed by atoms with Gasteiger partial charge in [-0.3, -0.25) is 0 Å². The predicted molar refractivity (Wildman–Crippen MR) is 59.0 cm³/mol. The second-order valence-electron chi connectivity index (χ2n) is 2.54. The van der Waals surface area contributed by atoms with Crippen molar-refractivity contribution < 1.29 is 0 Å². The van der Waals surface area contributed by atoms with E-state index in [-0.39, 0.29) is 0 Å². The van der Waals surface area contributed by atoms with E-state index in [4.69, 9.17) is 0 Å². The largest absolute Gasteiger partial charge is 0.227 e. The molecule has 0 bridgehead atoms. The van der Waals surface area contributed by atoms with Gasteiger partial charge in [0.2, 0.25) is 0 Å². The summed E-state index contributed by atoms with van der Waals surface area (Å²) in [6, 6.07) is 9.89. The van der Waals surface area contributed by atoms with Gasteiger partial charge in [-0.2, -0.15) is 5.10 Å². The Morgan fingerprint density at radius 1 is 1.00 bits per heavy atom. The van der Waals surface area contributed by atoms with E-state index < -0.39 is 0 Å². The molecule has 2 rings (SSSR count). The lowest BCUT2D eigenvalue weighted by Gasteiger charge is -2.02. The Hall–Kier alpha value is -0.610. The van der Waals surface area contributed by atoms with Crippen molar-refractivity contribution in [3.05, 3.63) is 45.6 Å². The number of benzene rings is 1. The first kappa shape index (κ1) is 8.97. The molecule has 0 atom stereocenters. The second kappa shape index (κ2) is 3.64. The first-order chi connectivity index (χ1) is 6.27. The lowest BCUT2D eigenvalue weighted by Crippen LogP contribution is -1.95. The molecule has 0 fully saturated rings. The lowest BCUT2D eigenvalue weighted by atomic mass is 10.3. The van der Waals surface area contributed by atoms with Gasteiger partial charge in [-0.25, -0.2) is 4.68 Å². The molecule has 1 aromatic heterocycles. The maximum atomic E-state index is 4.17. The SMILES string of the molecule is Brc1ccc(-n2nccc2Br)cc1. The molecule has 0 radical (unpaired) electrons. The number of hydrogen-bond acceptors (Lipinski definition) is 1. The van der Waals surface area contributed by atoms with Gasteiger partial charge in [-0.05, 0) is 46.3 Å². The summed E-state index contributed by atoms with van der Waals surface area (Å²) in [6.07, 6.45) is 1.76. The standard InChI is InChI=1S/C9H6Br2N2/c10-7-1-3-8(4-2-7)13-9(11)5-6-12-13/h1-6H. The van der Waals surface area contributed by atoms with Gasteiger partial charge in [0.05, 0.1) is 11.9 Å². The van der Waals surface area contributed by atoms with Gasteiger partial charge >= 0.3 is 0 Å². The van der Waals surface area contributed by atoms with E-state index in [1.54, 1.807) is 6.20 Å². The molecular weight excluding hydrogens is 296 g/mol. The van der Waals surface area contributed by atoms with Gasteiger partial charge in [0.15, 0.2) is 0 Å². The van der Waals surface area contributed by atoms with Gasteiger partial charge in [0, 0.05) is 4.47 Å². The summed E-state index contributed by atoms with van der Waals surface area (Å²) in [6.45, 7) is 0. The zero-order valence-electron chi connectivity index (χ0n) is 6.61. The van der Waals surface area contributed by atoms with E-state index in [1.165, 1.54) is 0 Å². The summed E-state index contributed by atoms with van der Waals surface area (Å²) in [7, 11) is 0. The van der Waals surface area contributed by atoms with Crippen LogP contribution >= 0.6 is 31.9 Å². The highest BCUT2D eigenvalue weighted by Crippen LogP contribution is 2.17. The van der Waals surface area contributed by atoms with Gasteiger partial charge in [-0.1, -0.05) is 15.9 Å². The molecule has 0 aliphatic rings. The first-order valence-electron chi connectivity index (χ1n) is 3.73. The quantitative estimate of drug-likeness (QED) is 0.789. The van der Waals surface area contributed by atoms with Gasteiger partial charge in [0.25, 0.3) is 0 Å². The van der Waals surface area contributed by atoms with Crippen LogP contribution in [0, 0.1) is 0 Å². The van der Waals surface area contributed by atoms with Crippen LogP contribution in [0.5, 0.6) is 0 Å². The first-order valence-corrected chi connectivity index (χ1v) is 5.31. The van der Waals surface area contributed by atoms with E-state index in [9.17, 15) is 0 Å². The zero-order valence-corrected chi connectivity index (χ0v) is 9.79. The molecule has 0 amide bonds. The third-order valence-corrected chi connectivity index (χ3v) is 2.80. The fraction of sp³-hybridized carbons (Fsp3) is 0. The Labute approximate surface area is 92.8 Å². The highest BCUT2D eigenvalue weighted by atomic mass is 79.9. The minimum atomic E-state index is 0.954. The Morgan fingerprint density at radius 3 is 2.23 bits per heavy atom. The topological polar surface area (TPSA) is 17.8 Å². The summed E-state index contributed by atoms with van der Waals surface area (Å²) < 4.78 is 3.85. The molecule has 0 N–H and O–H groups in total. The molecule has 2 nitrogen and oxygen atoms in total. The Kier molecular flexibility index (Phi) is 2.51. The molecule has 13 heavy (non-hydrogen) atoms. The maximum Gasteiger partial charge on any atom is 0.109 e. The number of hydrogen-bond donors (Lipinski definition) is 0. The number of rotatable bonds is 1. The minimum Gasteiger partial charge on any atom is -0.227 e. The summed E-state index contributed by atoms with van der Waals surface area (Å²) in [5.41, 5.74) is 1.04. The minimum absolute atomic E-state index is 0.954. The van der Waals surface area contributed by atoms with Gasteiger partial charge in [0.1, 0.15) is 4.60 Å². The molecule has 0 spiro atoms. The lowest BCUT2D eigenvalue weighted by molar-refractivity contribution is 0.860. The molecule has 4 heteroatoms. The Balaban J connectivity index is 2.47. The van der Waals surface area contributed by atoms with Crippen molar-refractivity contribution in [2.24, 2.45) is 0 Å². The van der Waals surface area contributed by atoms with E-state index in [1.807, 2.05) is 35.0 Å². The molecule has 0 saturated carbocycles. The third-order valence-electron chi connectivity index (χ3n) is 1.67. The van der Waals surface area contributed by atoms with Crippen molar-refractivity contribution in [2.45, 2.75) is 0 Å². The fourth-order valence-corrected chi connectivity index (χ4v) is 1.74. The van der Waals surface area contributed by atoms with Gasteiger partial charge in [-0.15, -0.1) is 0 Å². The number of halogens is 2. The van der Waals surface area contributed by atoms with E-state index in [2.05, 4.69) is 37.0 Å². The fourth-order valence-electron chi connectivity index (χ4n) is 1.06. The van der Waals surface area contributed by atoms with Crippen LogP contribution in [0.2, 0.25) is 0 Å². The monoisotopic (exact) mass is 300 g/mol. The van der Waals surface area contributed by atoms with Crippen molar-refractivity contribution in [1.82, 2.24) is 9.78 Å². The van der Waals surface area contributed by atoms with Crippen molar-refractivity contribution in [3.8, 4) is 5.69 Å². The van der Waals surface area contributed by atoms with E-state index in [0.29, 0.717) is 0 Å². The molecular formula is C9H6Br2N2. The van der Waals surface area contributed by atoms with Crippen LogP contribution in [0.25, 0.3) is 5.69 Å². The third kappa shape index (κ3) is 1.84. The average Bonchev–Trinajstić information content (AvgIpc) is 2.53. The highest BCUT2D eigenvalue weighted by molar-refractivity contribution is 9.10. The summed E-state index contributed by atoms with van der Waals surface area (Å²) in [4.78, 5) is 0. The molecule has 2 aromatic rings. The van der Waals surface area contributed by atoms with Crippen molar-refractivity contribution in [2.75, 3.05) is 0 Å². The van der Waals surface area contributed by atoms with E-state index in [0.717, 1.165) is 14.8 Å². The van der Waals surface area contributed by atoms with Gasteiger partial charge < -0.3 is 0 Å². The Bertz CT molecular complexity index is 406. The van der Waals surface area contributed by atoms with Crippen LogP contribution in [-0.4, -0.2) is 9.78 Å². The maximum absolute atomic E-state index is 4.17. The molecule has 1 heterocycles. The Morgan fingerprint density at radius 2 is 1.69 bits per heavy atom. The van der Waals surface area contributed by atoms with Crippen LogP contribution in [0.1, 0.15) is 0 Å². The zero-order chi connectivity index (χ0) is 9.26. The van der Waals surface area contributed by atoms with Crippen LogP contribution in [0.15, 0.2) is 45.6 Å². The van der Waals surface area contributed by atoms with E-state index >= 15 is 0 Å². The smallest absolute Gasteiger partial charge is 0.109 e. The van der Waals surface area contributed by atoms with Crippen molar-refractivity contribution >= 4 is 31.9 Å². The second-order valence-corrected chi connectivity index (χ2v) is 4.27. The van der Waals surface area contributed by atoms with Crippen LogP contribution in [0.4, 0.5) is 0 Å². The highest BCUT2D eigenvalue weighted by Gasteiger charge is 2.00. The van der Waals surface area contributed by atoms with Crippen LogP contribution in [-0.2, 0) is 0 Å². The number of nitrogens with zero attached hydrogens (tertiary/aromatic N) is 2. The van der Waals surface area contributed by atoms with Crippen LogP contribution < -0.4 is 0 Å². The normalized spacial score (nSPS) is 10.3. The number of aromatic nitrogens is 2. The average molecular weight is 302 g/mol. The summed E-state index contributed by atoms with van der Waals surface area (Å²) in [5.74, 6) is 0. The molecule has 66 valence electrons. The predicted octanol–water partition coefficient (Wildman–Crippen LogP) is 3.40. The summed E-state index contributed by atoms with van der Waals surface area (Å²) >= 11 is 6.80. The molecule has 1 aromatic carbocycles. The summed E-state index contributed by atoms with van der Waals surface area (Å²) in [5, 5.41) is 4.17. The molecule has 0 saturated heterocycles. The van der Waals surface area contributed by atoms with Crippen LogP contribution in [0.3, 0.4) is 0 Å². The molecule has 0 aliphatic heterocycles. The molecule has 0 aliphatic carbocycles. The van der Waals surface area contributed by atoms with Crippen molar-refractivity contribution in [1.29, 1.82) is 0 Å². The van der Waals surface area contributed by atoms with Crippen molar-refractivity contribution in [3.63, 3.8) is 0 Å².